The SMILES string of the molecule is COc1cc(COC(=O)CCc2nc3sc4c(c3c(=O)[nH]2)CCCC4)cc([N+](=O)[O-])c1. The average Bonchev–Trinajstić information content (AvgIpc) is 3.14. The lowest BCUT2D eigenvalue weighted by Crippen LogP contribution is -2.14. The molecule has 0 saturated carbocycles. The third-order valence-corrected chi connectivity index (χ3v) is 6.42. The fourth-order valence-electron chi connectivity index (χ4n) is 3.73. The van der Waals surface area contributed by atoms with E-state index in [2.05, 4.69) is 9.97 Å². The number of esters is 1. The first kappa shape index (κ1) is 21.0. The molecule has 9 nitrogen and oxygen atoms in total. The molecule has 0 unspecified atom stereocenters. The number of non-ortho nitro benzene ring substituents is 1. The molecule has 0 radical (unpaired) electrons. The number of hydrogen-bond acceptors (Lipinski definition) is 8. The number of carbonyl (C=O) groups is 1. The van der Waals surface area contributed by atoms with Gasteiger partial charge in [-0.1, -0.05) is 0 Å². The Balaban J connectivity index is 1.40. The Kier molecular flexibility index (Phi) is 5.99. The van der Waals surface area contributed by atoms with Crippen LogP contribution in [0.1, 0.15) is 41.1 Å². The van der Waals surface area contributed by atoms with Gasteiger partial charge in [0.1, 0.15) is 23.0 Å². The van der Waals surface area contributed by atoms with E-state index in [1.807, 2.05) is 0 Å². The summed E-state index contributed by atoms with van der Waals surface area (Å²) in [6, 6.07) is 4.21. The molecule has 2 heterocycles. The first-order valence-electron chi connectivity index (χ1n) is 9.96. The molecule has 0 atom stereocenters. The predicted octanol–water partition coefficient (Wildman–Crippen LogP) is 3.46. The van der Waals surface area contributed by atoms with Crippen LogP contribution in [0.4, 0.5) is 5.69 Å². The van der Waals surface area contributed by atoms with Crippen LogP contribution in [0.25, 0.3) is 10.2 Å². The Bertz CT molecular complexity index is 1220. The fraction of sp³-hybridized carbons (Fsp3) is 0.381. The lowest BCUT2D eigenvalue weighted by molar-refractivity contribution is -0.385. The molecule has 0 amide bonds. The highest BCUT2D eigenvalue weighted by atomic mass is 32.1. The molecule has 1 aromatic carbocycles. The van der Waals surface area contributed by atoms with Crippen LogP contribution in [0.3, 0.4) is 0 Å². The van der Waals surface area contributed by atoms with Crippen LogP contribution in [-0.4, -0.2) is 28.0 Å². The number of benzene rings is 1. The van der Waals surface area contributed by atoms with Crippen LogP contribution in [-0.2, 0) is 35.4 Å². The Morgan fingerprint density at radius 3 is 2.87 bits per heavy atom. The number of H-pyrrole nitrogens is 1. The maximum atomic E-state index is 12.6. The third-order valence-electron chi connectivity index (χ3n) is 5.24. The summed E-state index contributed by atoms with van der Waals surface area (Å²) in [5.41, 5.74) is 1.28. The van der Waals surface area contributed by atoms with Crippen molar-refractivity contribution in [2.45, 2.75) is 45.1 Å². The van der Waals surface area contributed by atoms with Crippen molar-refractivity contribution in [3.63, 3.8) is 0 Å². The number of carbonyl (C=O) groups excluding carboxylic acids is 1. The van der Waals surface area contributed by atoms with Crippen molar-refractivity contribution >= 4 is 33.2 Å². The van der Waals surface area contributed by atoms with E-state index in [0.717, 1.165) is 36.1 Å². The lowest BCUT2D eigenvalue weighted by Gasteiger charge is -2.09. The van der Waals surface area contributed by atoms with Crippen molar-refractivity contribution in [2.24, 2.45) is 0 Å². The van der Waals surface area contributed by atoms with Gasteiger partial charge in [0.05, 0.1) is 29.9 Å². The molecule has 4 rings (SSSR count). The molecule has 2 aromatic heterocycles. The van der Waals surface area contributed by atoms with E-state index in [1.54, 1.807) is 17.4 Å². The van der Waals surface area contributed by atoms with E-state index in [-0.39, 0.29) is 30.7 Å². The minimum Gasteiger partial charge on any atom is -0.496 e. The number of aromatic nitrogens is 2. The van der Waals surface area contributed by atoms with Gasteiger partial charge >= 0.3 is 5.97 Å². The summed E-state index contributed by atoms with van der Waals surface area (Å²) in [6.07, 6.45) is 4.39. The molecule has 1 N–H and O–H groups in total. The van der Waals surface area contributed by atoms with Gasteiger partial charge in [0.2, 0.25) is 0 Å². The van der Waals surface area contributed by atoms with E-state index >= 15 is 0 Å². The van der Waals surface area contributed by atoms with Crippen molar-refractivity contribution in [1.29, 1.82) is 0 Å². The normalized spacial score (nSPS) is 13.1. The maximum Gasteiger partial charge on any atom is 0.306 e. The highest BCUT2D eigenvalue weighted by Gasteiger charge is 2.20. The first-order valence-corrected chi connectivity index (χ1v) is 10.8. The highest BCUT2D eigenvalue weighted by molar-refractivity contribution is 7.18. The van der Waals surface area contributed by atoms with Crippen molar-refractivity contribution in [1.82, 2.24) is 9.97 Å². The van der Waals surface area contributed by atoms with Crippen molar-refractivity contribution in [2.75, 3.05) is 7.11 Å². The fourth-order valence-corrected chi connectivity index (χ4v) is 5.01. The van der Waals surface area contributed by atoms with Crippen LogP contribution in [0, 0.1) is 10.1 Å². The van der Waals surface area contributed by atoms with Crippen molar-refractivity contribution in [3.05, 3.63) is 60.5 Å². The van der Waals surface area contributed by atoms with Crippen LogP contribution in [0.15, 0.2) is 23.0 Å². The number of methoxy groups -OCH3 is 1. The van der Waals surface area contributed by atoms with Gasteiger partial charge in [0.25, 0.3) is 11.2 Å². The number of nitro benzene ring substituents is 1. The average molecular weight is 443 g/mol. The van der Waals surface area contributed by atoms with Gasteiger partial charge in [0, 0.05) is 17.4 Å². The smallest absolute Gasteiger partial charge is 0.306 e. The second-order valence-electron chi connectivity index (χ2n) is 7.36. The highest BCUT2D eigenvalue weighted by Crippen LogP contribution is 2.33. The summed E-state index contributed by atoms with van der Waals surface area (Å²) in [4.78, 5) is 44.5. The molecule has 10 heteroatoms. The minimum atomic E-state index is -0.533. The van der Waals surface area contributed by atoms with E-state index in [4.69, 9.17) is 9.47 Å². The number of nitro groups is 1. The standard InChI is InChI=1S/C21H21N3O6S/c1-29-14-9-12(8-13(10-14)24(27)28)11-30-18(25)7-6-17-22-20(26)19-15-4-2-3-5-16(15)31-21(19)23-17/h8-10H,2-7,11H2,1H3,(H,22,23,26). The minimum absolute atomic E-state index is 0.0333. The van der Waals surface area contributed by atoms with Gasteiger partial charge in [-0.25, -0.2) is 4.98 Å². The number of hydrogen-bond donors (Lipinski definition) is 1. The molecule has 0 saturated heterocycles. The number of ether oxygens (including phenoxy) is 2. The van der Waals surface area contributed by atoms with Crippen LogP contribution in [0.2, 0.25) is 0 Å². The predicted molar refractivity (Wildman–Crippen MR) is 115 cm³/mol. The third kappa shape index (κ3) is 4.58. The monoisotopic (exact) mass is 443 g/mol. The summed E-state index contributed by atoms with van der Waals surface area (Å²) in [5, 5.41) is 11.7. The molecule has 0 bridgehead atoms. The summed E-state index contributed by atoms with van der Waals surface area (Å²) in [7, 11) is 1.41. The van der Waals surface area contributed by atoms with Gasteiger partial charge in [-0.15, -0.1) is 11.3 Å². The number of aryl methyl sites for hydroxylation is 3. The molecule has 31 heavy (non-hydrogen) atoms. The molecule has 0 spiro atoms. The van der Waals surface area contributed by atoms with Gasteiger partial charge < -0.3 is 14.5 Å². The van der Waals surface area contributed by atoms with E-state index in [1.165, 1.54) is 24.1 Å². The van der Waals surface area contributed by atoms with Gasteiger partial charge in [0.15, 0.2) is 0 Å². The number of aromatic amines is 1. The zero-order valence-electron chi connectivity index (χ0n) is 16.9. The number of fused-ring (bicyclic) bond motifs is 3. The molecule has 1 aliphatic carbocycles. The van der Waals surface area contributed by atoms with E-state index in [0.29, 0.717) is 22.5 Å². The molecule has 0 fully saturated rings. The quantitative estimate of drug-likeness (QED) is 0.337. The van der Waals surface area contributed by atoms with E-state index < -0.39 is 10.9 Å². The number of thiophene rings is 1. The van der Waals surface area contributed by atoms with Crippen LogP contribution >= 0.6 is 11.3 Å². The topological polar surface area (TPSA) is 124 Å². The van der Waals surface area contributed by atoms with Gasteiger partial charge in [-0.2, -0.15) is 0 Å². The largest absolute Gasteiger partial charge is 0.496 e. The lowest BCUT2D eigenvalue weighted by atomic mass is 9.97. The zero-order valence-corrected chi connectivity index (χ0v) is 17.8. The molecular weight excluding hydrogens is 422 g/mol. The molecular formula is C21H21N3O6S. The summed E-state index contributed by atoms with van der Waals surface area (Å²) >= 11 is 1.56. The molecule has 162 valence electrons. The molecule has 1 aliphatic rings. The van der Waals surface area contributed by atoms with Crippen LogP contribution in [0.5, 0.6) is 5.75 Å². The molecule has 3 aromatic rings. The summed E-state index contributed by atoms with van der Waals surface area (Å²) in [6.45, 7) is -0.114. The second-order valence-corrected chi connectivity index (χ2v) is 8.44. The Hall–Kier alpha value is -3.27. The number of nitrogens with one attached hydrogen (secondary N) is 1. The van der Waals surface area contributed by atoms with Crippen LogP contribution < -0.4 is 10.3 Å². The zero-order chi connectivity index (χ0) is 22.0. The molecule has 0 aliphatic heterocycles. The summed E-state index contributed by atoms with van der Waals surface area (Å²) in [5.74, 6) is 0.276. The number of nitrogens with zero attached hydrogens (tertiary/aromatic N) is 2. The maximum absolute atomic E-state index is 12.6. The first-order chi connectivity index (χ1) is 14.9. The Morgan fingerprint density at radius 2 is 2.10 bits per heavy atom. The number of rotatable bonds is 7. The Morgan fingerprint density at radius 1 is 1.29 bits per heavy atom. The Labute approximate surface area is 181 Å². The van der Waals surface area contributed by atoms with E-state index in [9.17, 15) is 19.7 Å². The van der Waals surface area contributed by atoms with Gasteiger partial charge in [-0.3, -0.25) is 19.7 Å². The second kappa shape index (κ2) is 8.84. The van der Waals surface area contributed by atoms with Gasteiger partial charge in [-0.05, 0) is 42.9 Å². The van der Waals surface area contributed by atoms with Crippen molar-refractivity contribution in [3.8, 4) is 5.75 Å². The summed E-state index contributed by atoms with van der Waals surface area (Å²) < 4.78 is 10.3. The van der Waals surface area contributed by atoms with Crippen molar-refractivity contribution < 1.29 is 19.2 Å².